The molecule has 0 aliphatic carbocycles. The SMILES string of the molecule is CON(C)C(=O)c1ccc(C(=O)NC2CCOc3cccnc32)cc1.Fc1ccccc1OC(F)(F)F. The van der Waals surface area contributed by atoms with Gasteiger partial charge in [-0.3, -0.25) is 19.4 Å². The van der Waals surface area contributed by atoms with Crippen LogP contribution >= 0.6 is 0 Å². The van der Waals surface area contributed by atoms with Gasteiger partial charge in [-0.25, -0.2) is 9.45 Å². The number of nitrogens with one attached hydrogen (secondary N) is 1. The monoisotopic (exact) mass is 521 g/mol. The van der Waals surface area contributed by atoms with Crippen LogP contribution in [0.2, 0.25) is 0 Å². The number of carbonyl (C=O) groups is 2. The quantitative estimate of drug-likeness (QED) is 0.387. The molecule has 1 unspecified atom stereocenters. The number of rotatable bonds is 5. The second kappa shape index (κ2) is 12.2. The van der Waals surface area contributed by atoms with Crippen molar-refractivity contribution in [1.82, 2.24) is 15.4 Å². The number of fused-ring (bicyclic) bond motifs is 1. The highest BCUT2D eigenvalue weighted by Gasteiger charge is 2.32. The fraction of sp³-hybridized carbons (Fsp3) is 0.240. The number of hydrogen-bond acceptors (Lipinski definition) is 6. The van der Waals surface area contributed by atoms with Crippen LogP contribution in [0, 0.1) is 5.82 Å². The van der Waals surface area contributed by atoms with Crippen molar-refractivity contribution in [3.8, 4) is 11.5 Å². The number of para-hydroxylation sites is 1. The molecule has 8 nitrogen and oxygen atoms in total. The second-order valence-corrected chi connectivity index (χ2v) is 7.59. The lowest BCUT2D eigenvalue weighted by atomic mass is 10.1. The summed E-state index contributed by atoms with van der Waals surface area (Å²) in [7, 11) is 2.94. The van der Waals surface area contributed by atoms with Gasteiger partial charge in [0, 0.05) is 30.8 Å². The van der Waals surface area contributed by atoms with Gasteiger partial charge in [0.05, 0.1) is 19.8 Å². The molecule has 0 spiro atoms. The van der Waals surface area contributed by atoms with E-state index in [0.29, 0.717) is 29.9 Å². The summed E-state index contributed by atoms with van der Waals surface area (Å²) >= 11 is 0. The molecule has 2 heterocycles. The van der Waals surface area contributed by atoms with Crippen molar-refractivity contribution in [1.29, 1.82) is 0 Å². The van der Waals surface area contributed by atoms with Gasteiger partial charge in [0.2, 0.25) is 0 Å². The number of amides is 2. The molecule has 1 aliphatic heterocycles. The first-order valence-electron chi connectivity index (χ1n) is 10.9. The lowest BCUT2D eigenvalue weighted by Gasteiger charge is -2.25. The van der Waals surface area contributed by atoms with Gasteiger partial charge in [-0.15, -0.1) is 13.2 Å². The van der Waals surface area contributed by atoms with E-state index >= 15 is 0 Å². The molecular formula is C25H23F4N3O5. The molecule has 1 aromatic heterocycles. The topological polar surface area (TPSA) is 90.0 Å². The van der Waals surface area contributed by atoms with E-state index in [1.807, 2.05) is 6.07 Å². The summed E-state index contributed by atoms with van der Waals surface area (Å²) in [5.74, 6) is -1.65. The second-order valence-electron chi connectivity index (χ2n) is 7.59. The van der Waals surface area contributed by atoms with E-state index in [2.05, 4.69) is 15.0 Å². The first-order chi connectivity index (χ1) is 17.6. The molecule has 0 bridgehead atoms. The molecule has 12 heteroatoms. The zero-order chi connectivity index (χ0) is 27.0. The maximum atomic E-state index is 12.5. The largest absolute Gasteiger partial charge is 0.573 e. The number of alkyl halides is 3. The third-order valence-corrected chi connectivity index (χ3v) is 5.12. The standard InChI is InChI=1S/C18H19N3O4.C7H4F4O/c1-21(24-2)18(23)13-7-5-12(6-8-13)17(22)20-14-9-11-25-15-4-3-10-19-16(14)15;8-5-3-1-2-4-6(5)12-7(9,10)11/h3-8,10,14H,9,11H2,1-2H3,(H,20,22);1-4H. The highest BCUT2D eigenvalue weighted by molar-refractivity contribution is 5.97. The van der Waals surface area contributed by atoms with E-state index in [4.69, 9.17) is 9.57 Å². The number of nitrogens with zero attached hydrogens (tertiary/aromatic N) is 2. The van der Waals surface area contributed by atoms with Crippen molar-refractivity contribution in [2.75, 3.05) is 20.8 Å². The summed E-state index contributed by atoms with van der Waals surface area (Å²) in [6, 6.07) is 14.2. The Morgan fingerprint density at radius 2 is 1.73 bits per heavy atom. The van der Waals surface area contributed by atoms with Crippen molar-refractivity contribution in [2.24, 2.45) is 0 Å². The fourth-order valence-corrected chi connectivity index (χ4v) is 3.27. The summed E-state index contributed by atoms with van der Waals surface area (Å²) in [5.41, 5.74) is 1.65. The number of aromatic nitrogens is 1. The average Bonchev–Trinajstić information content (AvgIpc) is 2.89. The van der Waals surface area contributed by atoms with Crippen LogP contribution in [0.3, 0.4) is 0 Å². The van der Waals surface area contributed by atoms with Gasteiger partial charge in [0.25, 0.3) is 11.8 Å². The molecule has 2 aromatic carbocycles. The van der Waals surface area contributed by atoms with Gasteiger partial charge >= 0.3 is 6.36 Å². The average molecular weight is 521 g/mol. The minimum Gasteiger partial charge on any atom is -0.491 e. The fourth-order valence-electron chi connectivity index (χ4n) is 3.27. The van der Waals surface area contributed by atoms with Gasteiger partial charge in [0.15, 0.2) is 11.6 Å². The number of hydroxylamine groups is 2. The summed E-state index contributed by atoms with van der Waals surface area (Å²) in [4.78, 5) is 33.7. The minimum atomic E-state index is -4.85. The maximum Gasteiger partial charge on any atom is 0.573 e. The molecule has 1 N–H and O–H groups in total. The molecule has 0 radical (unpaired) electrons. The molecule has 196 valence electrons. The predicted octanol–water partition coefficient (Wildman–Crippen LogP) is 4.69. The van der Waals surface area contributed by atoms with Crippen molar-refractivity contribution >= 4 is 11.8 Å². The Morgan fingerprint density at radius 3 is 2.38 bits per heavy atom. The third-order valence-electron chi connectivity index (χ3n) is 5.12. The first kappa shape index (κ1) is 27.4. The molecule has 37 heavy (non-hydrogen) atoms. The van der Waals surface area contributed by atoms with Crippen molar-refractivity contribution < 1.29 is 41.5 Å². The number of ether oxygens (including phenoxy) is 2. The van der Waals surface area contributed by atoms with E-state index in [-0.39, 0.29) is 17.9 Å². The van der Waals surface area contributed by atoms with Crippen LogP contribution < -0.4 is 14.8 Å². The van der Waals surface area contributed by atoms with Gasteiger partial charge in [-0.1, -0.05) is 12.1 Å². The van der Waals surface area contributed by atoms with Crippen molar-refractivity contribution in [2.45, 2.75) is 18.8 Å². The normalized spacial score (nSPS) is 14.3. The van der Waals surface area contributed by atoms with Crippen LogP contribution in [0.25, 0.3) is 0 Å². The van der Waals surface area contributed by atoms with Gasteiger partial charge in [-0.2, -0.15) is 0 Å². The summed E-state index contributed by atoms with van der Waals surface area (Å²) in [6.07, 6.45) is -2.51. The molecule has 0 fully saturated rings. The molecule has 1 aliphatic rings. The van der Waals surface area contributed by atoms with Crippen molar-refractivity contribution in [3.63, 3.8) is 0 Å². The van der Waals surface area contributed by atoms with E-state index in [1.165, 1.54) is 26.3 Å². The van der Waals surface area contributed by atoms with E-state index in [0.717, 1.165) is 22.9 Å². The maximum absolute atomic E-state index is 12.5. The molecular weight excluding hydrogens is 498 g/mol. The summed E-state index contributed by atoms with van der Waals surface area (Å²) in [5, 5.41) is 4.10. The van der Waals surface area contributed by atoms with E-state index in [1.54, 1.807) is 36.5 Å². The zero-order valence-corrected chi connectivity index (χ0v) is 19.8. The lowest BCUT2D eigenvalue weighted by Crippen LogP contribution is -2.32. The summed E-state index contributed by atoms with van der Waals surface area (Å²) in [6.45, 7) is 0.528. The van der Waals surface area contributed by atoms with E-state index in [9.17, 15) is 27.2 Å². The van der Waals surface area contributed by atoms with Gasteiger partial charge < -0.3 is 14.8 Å². The minimum absolute atomic E-state index is 0.196. The van der Waals surface area contributed by atoms with Crippen LogP contribution in [-0.2, 0) is 4.84 Å². The van der Waals surface area contributed by atoms with Gasteiger partial charge in [0.1, 0.15) is 11.4 Å². The van der Waals surface area contributed by atoms with Crippen LogP contribution in [0.5, 0.6) is 11.5 Å². The lowest BCUT2D eigenvalue weighted by molar-refractivity contribution is -0.275. The van der Waals surface area contributed by atoms with Crippen LogP contribution in [0.1, 0.15) is 38.9 Å². The molecule has 0 saturated carbocycles. The number of pyridine rings is 1. The molecule has 3 aromatic rings. The van der Waals surface area contributed by atoms with Crippen molar-refractivity contribution in [3.05, 3.63) is 89.5 Å². The Hall–Kier alpha value is -4.19. The van der Waals surface area contributed by atoms with Gasteiger partial charge in [-0.05, 0) is 48.5 Å². The predicted molar refractivity (Wildman–Crippen MR) is 123 cm³/mol. The number of benzene rings is 2. The van der Waals surface area contributed by atoms with Crippen LogP contribution in [0.4, 0.5) is 17.6 Å². The molecule has 1 atom stereocenters. The smallest absolute Gasteiger partial charge is 0.491 e. The highest BCUT2D eigenvalue weighted by Crippen LogP contribution is 2.29. The Labute approximate surface area is 209 Å². The Bertz CT molecular complexity index is 1220. The van der Waals surface area contributed by atoms with Crippen LogP contribution in [0.15, 0.2) is 66.9 Å². The summed E-state index contributed by atoms with van der Waals surface area (Å²) < 4.78 is 56.0. The molecule has 0 saturated heterocycles. The number of hydrogen-bond donors (Lipinski definition) is 1. The molecule has 2 amide bonds. The zero-order valence-electron chi connectivity index (χ0n) is 19.8. The third kappa shape index (κ3) is 7.64. The van der Waals surface area contributed by atoms with E-state index < -0.39 is 17.9 Å². The number of carbonyl (C=O) groups excluding carboxylic acids is 2. The Morgan fingerprint density at radius 1 is 1.05 bits per heavy atom. The molecule has 4 rings (SSSR count). The number of halogens is 4. The Balaban J connectivity index is 0.000000266. The Kier molecular flexibility index (Phi) is 9.01. The van der Waals surface area contributed by atoms with Crippen LogP contribution in [-0.4, -0.2) is 49.0 Å². The highest BCUT2D eigenvalue weighted by atomic mass is 19.4. The first-order valence-corrected chi connectivity index (χ1v) is 10.9.